The highest BCUT2D eigenvalue weighted by Gasteiger charge is 2.46. The molecule has 0 radical (unpaired) electrons. The van der Waals surface area contributed by atoms with Crippen LogP contribution in [0.1, 0.15) is 16.7 Å². The minimum atomic E-state index is -0.682. The maximum atomic E-state index is 11.7. The van der Waals surface area contributed by atoms with Crippen molar-refractivity contribution in [3.05, 3.63) is 108 Å². The van der Waals surface area contributed by atoms with E-state index in [2.05, 4.69) is 16.6 Å². The van der Waals surface area contributed by atoms with Gasteiger partial charge in [0.05, 0.1) is 33.5 Å². The van der Waals surface area contributed by atoms with Gasteiger partial charge >= 0.3 is 5.97 Å². The van der Waals surface area contributed by atoms with E-state index < -0.39 is 30.4 Å². The molecule has 6 nitrogen and oxygen atoms in total. The first kappa shape index (κ1) is 25.6. The molecule has 0 N–H and O–H groups in total. The summed E-state index contributed by atoms with van der Waals surface area (Å²) in [5.41, 5.74) is 3.12. The molecule has 36 heavy (non-hydrogen) atoms. The average Bonchev–Trinajstić information content (AvgIpc) is 3.27. The van der Waals surface area contributed by atoms with Crippen molar-refractivity contribution < 1.29 is 28.5 Å². The Balaban J connectivity index is 1.51. The van der Waals surface area contributed by atoms with E-state index in [1.165, 1.54) is 7.11 Å². The van der Waals surface area contributed by atoms with Crippen LogP contribution in [0, 0.1) is 11.8 Å². The number of carbonyl (C=O) groups is 1. The Bertz CT molecular complexity index is 1120. The first-order valence-corrected chi connectivity index (χ1v) is 11.9. The van der Waals surface area contributed by atoms with Gasteiger partial charge in [0.1, 0.15) is 24.4 Å². The van der Waals surface area contributed by atoms with Crippen LogP contribution in [0.15, 0.2) is 91.0 Å². The fourth-order valence-electron chi connectivity index (χ4n) is 3.94. The van der Waals surface area contributed by atoms with Crippen LogP contribution in [-0.2, 0) is 48.3 Å². The molecule has 186 valence electrons. The van der Waals surface area contributed by atoms with Crippen molar-refractivity contribution in [3.8, 4) is 11.8 Å². The number of esters is 1. The van der Waals surface area contributed by atoms with Crippen molar-refractivity contribution in [2.45, 2.75) is 44.2 Å². The third-order valence-corrected chi connectivity index (χ3v) is 5.78. The van der Waals surface area contributed by atoms with Gasteiger partial charge in [0, 0.05) is 5.92 Å². The number of carbonyl (C=O) groups excluding carboxylic acids is 1. The van der Waals surface area contributed by atoms with Crippen LogP contribution in [0.5, 0.6) is 0 Å². The zero-order valence-corrected chi connectivity index (χ0v) is 20.2. The van der Waals surface area contributed by atoms with Gasteiger partial charge in [-0.1, -0.05) is 96.9 Å². The van der Waals surface area contributed by atoms with E-state index in [1.54, 1.807) is 0 Å². The lowest BCUT2D eigenvalue weighted by atomic mass is 10.1. The Morgan fingerprint density at radius 3 is 1.78 bits per heavy atom. The lowest BCUT2D eigenvalue weighted by Crippen LogP contribution is -2.38. The van der Waals surface area contributed by atoms with Gasteiger partial charge in [-0.3, -0.25) is 0 Å². The van der Waals surface area contributed by atoms with Crippen LogP contribution in [0.4, 0.5) is 0 Å². The number of rotatable bonds is 10. The van der Waals surface area contributed by atoms with Crippen LogP contribution in [0.2, 0.25) is 0 Å². The van der Waals surface area contributed by atoms with Crippen LogP contribution in [0.3, 0.4) is 0 Å². The van der Waals surface area contributed by atoms with Crippen molar-refractivity contribution in [1.29, 1.82) is 0 Å². The minimum absolute atomic E-state index is 0.288. The predicted molar refractivity (Wildman–Crippen MR) is 135 cm³/mol. The standard InChI is InChI=1S/C30H30O6/c1-32-28(31)18-17-26-29(34-20-24-13-7-3-8-14-24)30(35-21-25-15-9-4-10-16-25)27(36-26)22-33-19-23-11-5-2-6-12-23/h2-16,26-27,29-30H,19-22H2,1H3/t26-,27+,29+,30-/m1/s1. The highest BCUT2D eigenvalue weighted by atomic mass is 16.6. The Labute approximate surface area is 212 Å². The van der Waals surface area contributed by atoms with E-state index in [-0.39, 0.29) is 6.61 Å². The zero-order chi connectivity index (χ0) is 25.0. The van der Waals surface area contributed by atoms with Gasteiger partial charge in [0.25, 0.3) is 0 Å². The van der Waals surface area contributed by atoms with E-state index in [9.17, 15) is 4.79 Å². The van der Waals surface area contributed by atoms with Gasteiger partial charge in [-0.2, -0.15) is 0 Å². The molecule has 0 bridgehead atoms. The molecule has 4 rings (SSSR count). The first-order chi connectivity index (χ1) is 17.7. The van der Waals surface area contributed by atoms with Crippen LogP contribution in [0.25, 0.3) is 0 Å². The van der Waals surface area contributed by atoms with Crippen molar-refractivity contribution in [3.63, 3.8) is 0 Å². The van der Waals surface area contributed by atoms with Crippen LogP contribution >= 0.6 is 0 Å². The molecule has 3 aromatic rings. The lowest BCUT2D eigenvalue weighted by Gasteiger charge is -2.24. The molecule has 1 heterocycles. The molecular weight excluding hydrogens is 456 g/mol. The van der Waals surface area contributed by atoms with Crippen molar-refractivity contribution in [2.75, 3.05) is 13.7 Å². The molecule has 0 aromatic heterocycles. The van der Waals surface area contributed by atoms with Crippen LogP contribution < -0.4 is 0 Å². The average molecular weight is 487 g/mol. The SMILES string of the molecule is COC(=O)C#C[C@H]1O[C@@H](COCc2ccccc2)[C@@H](OCc2ccccc2)[C@H]1OCc1ccccc1. The monoisotopic (exact) mass is 486 g/mol. The second-order valence-corrected chi connectivity index (χ2v) is 8.38. The second-order valence-electron chi connectivity index (χ2n) is 8.38. The summed E-state index contributed by atoms with van der Waals surface area (Å²) in [6.07, 6.45) is -2.10. The summed E-state index contributed by atoms with van der Waals surface area (Å²) in [6.45, 7) is 1.47. The molecule has 1 aliphatic rings. The maximum Gasteiger partial charge on any atom is 0.384 e. The minimum Gasteiger partial charge on any atom is -0.459 e. The Hall–Kier alpha value is -3.47. The smallest absolute Gasteiger partial charge is 0.384 e. The number of hydrogen-bond donors (Lipinski definition) is 0. The van der Waals surface area contributed by atoms with Gasteiger partial charge in [-0.05, 0) is 16.7 Å². The second kappa shape index (κ2) is 13.6. The summed E-state index contributed by atoms with van der Waals surface area (Å²) in [4.78, 5) is 11.7. The summed E-state index contributed by atoms with van der Waals surface area (Å²) in [5.74, 6) is 4.73. The number of hydrogen-bond acceptors (Lipinski definition) is 6. The Morgan fingerprint density at radius 1 is 0.750 bits per heavy atom. The van der Waals surface area contributed by atoms with Crippen molar-refractivity contribution in [1.82, 2.24) is 0 Å². The normalized spacial score (nSPS) is 20.9. The van der Waals surface area contributed by atoms with E-state index in [4.69, 9.17) is 18.9 Å². The predicted octanol–water partition coefficient (Wildman–Crippen LogP) is 4.32. The van der Waals surface area contributed by atoms with Gasteiger partial charge in [0.2, 0.25) is 0 Å². The Morgan fingerprint density at radius 2 is 1.25 bits per heavy atom. The molecule has 0 aliphatic carbocycles. The first-order valence-electron chi connectivity index (χ1n) is 11.9. The number of benzene rings is 3. The molecule has 1 fully saturated rings. The number of methoxy groups -OCH3 is 1. The molecule has 6 heteroatoms. The summed E-state index contributed by atoms with van der Waals surface area (Å²) >= 11 is 0. The quantitative estimate of drug-likeness (QED) is 0.242. The van der Waals surface area contributed by atoms with Crippen molar-refractivity contribution >= 4 is 5.97 Å². The molecule has 0 spiro atoms. The van der Waals surface area contributed by atoms with Gasteiger partial charge in [-0.25, -0.2) is 4.79 Å². The fourth-order valence-corrected chi connectivity index (χ4v) is 3.94. The summed E-state index contributed by atoms with van der Waals surface area (Å²) < 4.78 is 29.6. The highest BCUT2D eigenvalue weighted by molar-refractivity contribution is 5.88. The van der Waals surface area contributed by atoms with Gasteiger partial charge < -0.3 is 23.7 Å². The van der Waals surface area contributed by atoms with E-state index in [0.29, 0.717) is 19.8 Å². The molecule has 1 saturated heterocycles. The molecule has 0 saturated carbocycles. The van der Waals surface area contributed by atoms with Gasteiger partial charge in [-0.15, -0.1) is 0 Å². The third kappa shape index (κ3) is 7.51. The summed E-state index contributed by atoms with van der Waals surface area (Å²) in [6, 6.07) is 29.7. The lowest BCUT2D eigenvalue weighted by molar-refractivity contribution is -0.133. The van der Waals surface area contributed by atoms with E-state index in [1.807, 2.05) is 91.0 Å². The topological polar surface area (TPSA) is 63.2 Å². The third-order valence-electron chi connectivity index (χ3n) is 5.78. The summed E-state index contributed by atoms with van der Waals surface area (Å²) in [7, 11) is 1.29. The van der Waals surface area contributed by atoms with Crippen LogP contribution in [-0.4, -0.2) is 44.1 Å². The number of ether oxygens (including phenoxy) is 5. The fraction of sp³-hybridized carbons (Fsp3) is 0.300. The molecule has 1 aliphatic heterocycles. The molecule has 0 amide bonds. The largest absolute Gasteiger partial charge is 0.459 e. The van der Waals surface area contributed by atoms with E-state index >= 15 is 0 Å². The molecular formula is C30H30O6. The molecule has 3 aromatic carbocycles. The Kier molecular flexibility index (Phi) is 9.66. The maximum absolute atomic E-state index is 11.7. The van der Waals surface area contributed by atoms with E-state index in [0.717, 1.165) is 16.7 Å². The summed E-state index contributed by atoms with van der Waals surface area (Å²) in [5, 5.41) is 0. The molecule has 0 unspecified atom stereocenters. The van der Waals surface area contributed by atoms with Crippen molar-refractivity contribution in [2.24, 2.45) is 0 Å². The highest BCUT2D eigenvalue weighted by Crippen LogP contribution is 2.29. The zero-order valence-electron chi connectivity index (χ0n) is 20.2. The van der Waals surface area contributed by atoms with Gasteiger partial charge in [0.15, 0.2) is 0 Å². The molecule has 4 atom stereocenters.